The summed E-state index contributed by atoms with van der Waals surface area (Å²) in [6.45, 7) is 1.48. The normalized spacial score (nSPS) is 24.9. The van der Waals surface area contributed by atoms with E-state index in [-0.39, 0.29) is 18.1 Å². The van der Waals surface area contributed by atoms with Crippen LogP contribution in [0.1, 0.15) is 32.6 Å². The van der Waals surface area contributed by atoms with E-state index < -0.39 is 0 Å². The summed E-state index contributed by atoms with van der Waals surface area (Å²) in [4.78, 5) is 11.2. The van der Waals surface area contributed by atoms with Gasteiger partial charge in [0.05, 0.1) is 6.04 Å². The fourth-order valence-electron chi connectivity index (χ4n) is 2.43. The summed E-state index contributed by atoms with van der Waals surface area (Å²) in [6.07, 6.45) is 8.17. The molecule has 1 aromatic carbocycles. The number of esters is 1. The second-order valence-electron chi connectivity index (χ2n) is 4.89. The summed E-state index contributed by atoms with van der Waals surface area (Å²) in [5.74, 6) is -0.200. The maximum atomic E-state index is 11.2. The molecule has 0 fully saturated rings. The lowest BCUT2D eigenvalue weighted by Crippen LogP contribution is -2.37. The van der Waals surface area contributed by atoms with E-state index in [9.17, 15) is 4.79 Å². The fourth-order valence-corrected chi connectivity index (χ4v) is 2.43. The van der Waals surface area contributed by atoms with Crippen LogP contribution in [-0.4, -0.2) is 18.1 Å². The van der Waals surface area contributed by atoms with E-state index in [2.05, 4.69) is 17.5 Å². The summed E-state index contributed by atoms with van der Waals surface area (Å²) >= 11 is 0. The van der Waals surface area contributed by atoms with E-state index >= 15 is 0 Å². The Morgan fingerprint density at radius 2 is 1.84 bits per heavy atom. The number of nitrogens with one attached hydrogen (secondary N) is 1. The number of carbonyl (C=O) groups is 1. The highest BCUT2D eigenvalue weighted by atomic mass is 16.5. The van der Waals surface area contributed by atoms with Crippen LogP contribution in [-0.2, 0) is 9.53 Å². The third-order valence-corrected chi connectivity index (χ3v) is 3.32. The monoisotopic (exact) mass is 259 g/mol. The SMILES string of the molecule is CC(=O)O[C@@H]1CC/C=C\CC[C@H]1Nc1ccccc1. The van der Waals surface area contributed by atoms with Gasteiger partial charge >= 0.3 is 5.97 Å². The van der Waals surface area contributed by atoms with E-state index in [4.69, 9.17) is 4.74 Å². The fraction of sp³-hybridized carbons (Fsp3) is 0.438. The average molecular weight is 259 g/mol. The van der Waals surface area contributed by atoms with Gasteiger partial charge in [-0.05, 0) is 37.8 Å². The molecule has 0 amide bonds. The van der Waals surface area contributed by atoms with E-state index in [1.165, 1.54) is 6.92 Å². The van der Waals surface area contributed by atoms with Gasteiger partial charge in [-0.3, -0.25) is 4.79 Å². The van der Waals surface area contributed by atoms with Gasteiger partial charge in [-0.2, -0.15) is 0 Å². The summed E-state index contributed by atoms with van der Waals surface area (Å²) in [5.41, 5.74) is 1.08. The average Bonchev–Trinajstić information content (AvgIpc) is 2.38. The van der Waals surface area contributed by atoms with Crippen LogP contribution in [0.15, 0.2) is 42.5 Å². The standard InChI is InChI=1S/C16H21NO2/c1-13(18)19-16-12-8-3-2-7-11-15(16)17-14-9-5-4-6-10-14/h2-6,9-10,15-17H,7-8,11-12H2,1H3/b3-2-/t15-,16-/m1/s1. The van der Waals surface area contributed by atoms with E-state index in [1.54, 1.807) is 0 Å². The van der Waals surface area contributed by atoms with Crippen LogP contribution >= 0.6 is 0 Å². The summed E-state index contributed by atoms with van der Waals surface area (Å²) in [7, 11) is 0. The lowest BCUT2D eigenvalue weighted by Gasteiger charge is -2.29. The number of anilines is 1. The van der Waals surface area contributed by atoms with Crippen molar-refractivity contribution in [1.82, 2.24) is 0 Å². The smallest absolute Gasteiger partial charge is 0.302 e. The zero-order valence-corrected chi connectivity index (χ0v) is 11.3. The predicted molar refractivity (Wildman–Crippen MR) is 77.0 cm³/mol. The van der Waals surface area contributed by atoms with Crippen LogP contribution in [0.3, 0.4) is 0 Å². The lowest BCUT2D eigenvalue weighted by atomic mass is 9.97. The first-order valence-corrected chi connectivity index (χ1v) is 6.89. The Hall–Kier alpha value is -1.77. The molecule has 0 aliphatic heterocycles. The molecule has 3 heteroatoms. The molecule has 1 aliphatic rings. The number of benzene rings is 1. The van der Waals surface area contributed by atoms with E-state index in [0.717, 1.165) is 31.4 Å². The van der Waals surface area contributed by atoms with Crippen molar-refractivity contribution >= 4 is 11.7 Å². The van der Waals surface area contributed by atoms with Crippen molar-refractivity contribution in [1.29, 1.82) is 0 Å². The van der Waals surface area contributed by atoms with Crippen molar-refractivity contribution in [2.75, 3.05) is 5.32 Å². The van der Waals surface area contributed by atoms with Crippen LogP contribution in [0.5, 0.6) is 0 Å². The zero-order valence-electron chi connectivity index (χ0n) is 11.3. The first kappa shape index (κ1) is 13.7. The molecule has 0 saturated carbocycles. The molecule has 3 nitrogen and oxygen atoms in total. The van der Waals surface area contributed by atoms with Gasteiger partial charge < -0.3 is 10.1 Å². The first-order valence-electron chi connectivity index (χ1n) is 6.89. The highest BCUT2D eigenvalue weighted by molar-refractivity contribution is 5.66. The molecule has 0 unspecified atom stereocenters. The predicted octanol–water partition coefficient (Wildman–Crippen LogP) is 3.53. The van der Waals surface area contributed by atoms with Gasteiger partial charge in [0.2, 0.25) is 0 Å². The molecule has 1 aromatic rings. The van der Waals surface area contributed by atoms with Gasteiger partial charge in [-0.25, -0.2) is 0 Å². The third-order valence-electron chi connectivity index (χ3n) is 3.32. The van der Waals surface area contributed by atoms with Crippen LogP contribution in [0.4, 0.5) is 5.69 Å². The second-order valence-corrected chi connectivity index (χ2v) is 4.89. The van der Waals surface area contributed by atoms with Crippen LogP contribution in [0.25, 0.3) is 0 Å². The van der Waals surface area contributed by atoms with Crippen molar-refractivity contribution in [3.63, 3.8) is 0 Å². The first-order chi connectivity index (χ1) is 9.25. The highest BCUT2D eigenvalue weighted by Gasteiger charge is 2.24. The number of hydrogen-bond donors (Lipinski definition) is 1. The van der Waals surface area contributed by atoms with E-state index in [0.29, 0.717) is 0 Å². The van der Waals surface area contributed by atoms with Crippen LogP contribution < -0.4 is 5.32 Å². The molecule has 2 rings (SSSR count). The Morgan fingerprint density at radius 1 is 1.16 bits per heavy atom. The minimum absolute atomic E-state index is 0.0531. The number of allylic oxidation sites excluding steroid dienone is 2. The van der Waals surface area contributed by atoms with Crippen LogP contribution in [0, 0.1) is 0 Å². The Labute approximate surface area is 114 Å². The highest BCUT2D eigenvalue weighted by Crippen LogP contribution is 2.20. The molecule has 19 heavy (non-hydrogen) atoms. The van der Waals surface area contributed by atoms with Gasteiger partial charge in [-0.15, -0.1) is 0 Å². The molecule has 0 spiro atoms. The molecule has 0 heterocycles. The van der Waals surface area contributed by atoms with Crippen molar-refractivity contribution in [2.24, 2.45) is 0 Å². The maximum absolute atomic E-state index is 11.2. The molecule has 2 atom stereocenters. The van der Waals surface area contributed by atoms with Crippen LogP contribution in [0.2, 0.25) is 0 Å². The second kappa shape index (κ2) is 6.98. The van der Waals surface area contributed by atoms with Gasteiger partial charge in [0.15, 0.2) is 0 Å². The summed E-state index contributed by atoms with van der Waals surface area (Å²) in [6, 6.07) is 10.3. The molecule has 0 aromatic heterocycles. The summed E-state index contributed by atoms with van der Waals surface area (Å²) in [5, 5.41) is 3.49. The Bertz CT molecular complexity index is 428. The van der Waals surface area contributed by atoms with Crippen molar-refractivity contribution in [3.05, 3.63) is 42.5 Å². The number of rotatable bonds is 3. The Morgan fingerprint density at radius 3 is 2.53 bits per heavy atom. The minimum Gasteiger partial charge on any atom is -0.460 e. The number of carbonyl (C=O) groups excluding carboxylic acids is 1. The quantitative estimate of drug-likeness (QED) is 0.666. The molecular formula is C16H21NO2. The van der Waals surface area contributed by atoms with Gasteiger partial charge in [-0.1, -0.05) is 30.4 Å². The van der Waals surface area contributed by atoms with Crippen molar-refractivity contribution in [3.8, 4) is 0 Å². The number of hydrogen-bond acceptors (Lipinski definition) is 3. The molecule has 0 bridgehead atoms. The summed E-state index contributed by atoms with van der Waals surface area (Å²) < 4.78 is 5.48. The molecule has 1 N–H and O–H groups in total. The van der Waals surface area contributed by atoms with Gasteiger partial charge in [0, 0.05) is 12.6 Å². The lowest BCUT2D eigenvalue weighted by molar-refractivity contribution is -0.147. The molecular weight excluding hydrogens is 238 g/mol. The maximum Gasteiger partial charge on any atom is 0.302 e. The van der Waals surface area contributed by atoms with Gasteiger partial charge in [0.25, 0.3) is 0 Å². The van der Waals surface area contributed by atoms with Crippen molar-refractivity contribution < 1.29 is 9.53 Å². The Kier molecular flexibility index (Phi) is 5.01. The molecule has 0 saturated heterocycles. The van der Waals surface area contributed by atoms with Gasteiger partial charge in [0.1, 0.15) is 6.10 Å². The minimum atomic E-state index is -0.200. The Balaban J connectivity index is 2.07. The zero-order chi connectivity index (χ0) is 13.5. The molecule has 102 valence electrons. The molecule has 1 aliphatic carbocycles. The largest absolute Gasteiger partial charge is 0.460 e. The topological polar surface area (TPSA) is 38.3 Å². The number of para-hydroxylation sites is 1. The van der Waals surface area contributed by atoms with Crippen molar-refractivity contribution in [2.45, 2.75) is 44.8 Å². The number of ether oxygens (including phenoxy) is 1. The van der Waals surface area contributed by atoms with E-state index in [1.807, 2.05) is 30.3 Å². The molecule has 0 radical (unpaired) electrons. The third kappa shape index (κ3) is 4.43.